The van der Waals surface area contributed by atoms with Crippen molar-refractivity contribution in [2.24, 2.45) is 4.99 Å². The average Bonchev–Trinajstić information content (AvgIpc) is 3.38. The molecule has 3 aromatic carbocycles. The number of hydrogen-bond acceptors (Lipinski definition) is 5. The van der Waals surface area contributed by atoms with Crippen molar-refractivity contribution in [2.45, 2.75) is 38.3 Å². The van der Waals surface area contributed by atoms with E-state index in [-0.39, 0.29) is 25.1 Å². The molecule has 0 aliphatic carbocycles. The number of hydrogen-bond donors (Lipinski definition) is 2. The van der Waals surface area contributed by atoms with Crippen LogP contribution in [-0.2, 0) is 10.2 Å². The summed E-state index contributed by atoms with van der Waals surface area (Å²) in [5.74, 6) is 0.772. The van der Waals surface area contributed by atoms with Crippen molar-refractivity contribution in [1.82, 2.24) is 15.1 Å². The van der Waals surface area contributed by atoms with Crippen LogP contribution >= 0.6 is 23.2 Å². The highest BCUT2D eigenvalue weighted by Crippen LogP contribution is 2.46. The van der Waals surface area contributed by atoms with Gasteiger partial charge in [-0.1, -0.05) is 67.4 Å². The minimum Gasteiger partial charge on any atom is -0.493 e. The van der Waals surface area contributed by atoms with Gasteiger partial charge in [0, 0.05) is 28.5 Å². The summed E-state index contributed by atoms with van der Waals surface area (Å²) >= 11 is 12.5. The zero-order valence-corrected chi connectivity index (χ0v) is 25.3. The van der Waals surface area contributed by atoms with Gasteiger partial charge in [-0.15, -0.1) is 0 Å². The molecule has 2 heterocycles. The van der Waals surface area contributed by atoms with Crippen LogP contribution in [0, 0.1) is 0 Å². The molecule has 0 radical (unpaired) electrons. The van der Waals surface area contributed by atoms with Crippen LogP contribution in [0.25, 0.3) is 0 Å². The van der Waals surface area contributed by atoms with Crippen LogP contribution in [0.5, 0.6) is 5.75 Å². The number of nitrogens with zero attached hydrogens (tertiary/aromatic N) is 3. The number of halogens is 2. The molecule has 0 spiro atoms. The maximum atomic E-state index is 14.4. The molecule has 8 nitrogen and oxygen atoms in total. The van der Waals surface area contributed by atoms with Crippen LogP contribution in [0.3, 0.4) is 0 Å². The van der Waals surface area contributed by atoms with Crippen molar-refractivity contribution in [1.29, 1.82) is 0 Å². The molecule has 2 unspecified atom stereocenters. The zero-order chi connectivity index (χ0) is 30.0. The fraction of sp³-hybridized carbons (Fsp3) is 0.344. The lowest BCUT2D eigenvalue weighted by atomic mass is 9.85. The maximum Gasteiger partial charge on any atom is 0.326 e. The minimum absolute atomic E-state index is 0.0439. The number of ether oxygens (including phenoxy) is 1. The fourth-order valence-corrected chi connectivity index (χ4v) is 5.55. The summed E-state index contributed by atoms with van der Waals surface area (Å²) in [5.41, 5.74) is 2.74. The summed E-state index contributed by atoms with van der Waals surface area (Å²) in [7, 11) is 0. The Hall–Kier alpha value is -3.59. The summed E-state index contributed by atoms with van der Waals surface area (Å²) in [4.78, 5) is 35.2. The van der Waals surface area contributed by atoms with E-state index in [2.05, 4.69) is 5.32 Å². The van der Waals surface area contributed by atoms with Gasteiger partial charge in [0.25, 0.3) is 0 Å². The molecule has 3 aromatic rings. The number of amidine groups is 1. The molecule has 0 saturated carbocycles. The average molecular weight is 610 g/mol. The van der Waals surface area contributed by atoms with Crippen LogP contribution in [0.2, 0.25) is 10.0 Å². The molecule has 3 amide bonds. The third kappa shape index (κ3) is 5.98. The Morgan fingerprint density at radius 1 is 1.05 bits per heavy atom. The number of nitrogens with one attached hydrogen (secondary N) is 1. The number of piperazine rings is 1. The van der Waals surface area contributed by atoms with E-state index in [1.807, 2.05) is 75.4 Å². The summed E-state index contributed by atoms with van der Waals surface area (Å²) in [6.45, 7) is 6.84. The Morgan fingerprint density at radius 2 is 1.69 bits per heavy atom. The largest absolute Gasteiger partial charge is 0.493 e. The van der Waals surface area contributed by atoms with Crippen molar-refractivity contribution in [3.05, 3.63) is 99.0 Å². The normalized spacial score (nSPS) is 19.0. The molecule has 2 aliphatic rings. The highest BCUT2D eigenvalue weighted by Gasteiger charge is 2.45. The molecule has 10 heteroatoms. The Balaban J connectivity index is 1.71. The van der Waals surface area contributed by atoms with Gasteiger partial charge in [0.05, 0.1) is 24.8 Å². The van der Waals surface area contributed by atoms with E-state index in [9.17, 15) is 14.7 Å². The van der Waals surface area contributed by atoms with E-state index < -0.39 is 17.5 Å². The van der Waals surface area contributed by atoms with Gasteiger partial charge in [-0.05, 0) is 60.0 Å². The van der Waals surface area contributed by atoms with Crippen LogP contribution in [0.15, 0.2) is 71.7 Å². The standard InChI is InChI=1S/C32H34Cl2N4O4/c1-4-42-26-17-22(32(2,3)19-39)9-14-25(26)30-36-28(20-5-10-23(33)11-6-20)29(21-7-12-24(34)13-8-21)38(30)31(41)37-16-15-35-27(40)18-37/h5-14,17,28-29,39H,4,15-16,18-19H2,1-3H3,(H,35,40). The number of aliphatic hydroxyl groups excluding tert-OH is 1. The molecule has 0 aromatic heterocycles. The van der Waals surface area contributed by atoms with Crippen LogP contribution in [0.1, 0.15) is 55.1 Å². The van der Waals surface area contributed by atoms with Crippen LogP contribution < -0.4 is 10.1 Å². The molecular weight excluding hydrogens is 575 g/mol. The first-order chi connectivity index (χ1) is 20.1. The Labute approximate surface area is 255 Å². The second kappa shape index (κ2) is 12.3. The van der Waals surface area contributed by atoms with Crippen LogP contribution in [-0.4, -0.2) is 65.5 Å². The topological polar surface area (TPSA) is 94.5 Å². The van der Waals surface area contributed by atoms with Crippen molar-refractivity contribution >= 4 is 41.0 Å². The molecular formula is C32H34Cl2N4O4. The smallest absolute Gasteiger partial charge is 0.326 e. The molecule has 1 saturated heterocycles. The van der Waals surface area contributed by atoms with Gasteiger partial charge in [0.2, 0.25) is 5.91 Å². The van der Waals surface area contributed by atoms with Crippen molar-refractivity contribution in [3.63, 3.8) is 0 Å². The van der Waals surface area contributed by atoms with Gasteiger partial charge in [-0.25, -0.2) is 4.79 Å². The number of aliphatic hydroxyl groups is 1. The molecule has 2 N–H and O–H groups in total. The first-order valence-corrected chi connectivity index (χ1v) is 14.7. The second-order valence-corrected chi connectivity index (χ2v) is 11.9. The Kier molecular flexibility index (Phi) is 8.78. The molecule has 2 aliphatic heterocycles. The molecule has 2 atom stereocenters. The first-order valence-electron chi connectivity index (χ1n) is 13.9. The lowest BCUT2D eigenvalue weighted by Crippen LogP contribution is -2.55. The fourth-order valence-electron chi connectivity index (χ4n) is 5.30. The third-order valence-corrected chi connectivity index (χ3v) is 8.21. The van der Waals surface area contributed by atoms with E-state index in [4.69, 9.17) is 32.9 Å². The monoisotopic (exact) mass is 608 g/mol. The van der Waals surface area contributed by atoms with Gasteiger partial charge in [0.1, 0.15) is 24.2 Å². The van der Waals surface area contributed by atoms with Crippen molar-refractivity contribution in [3.8, 4) is 5.75 Å². The number of rotatable bonds is 7. The lowest BCUT2D eigenvalue weighted by Gasteiger charge is -2.36. The maximum absolute atomic E-state index is 14.4. The molecule has 42 heavy (non-hydrogen) atoms. The van der Waals surface area contributed by atoms with E-state index in [0.717, 1.165) is 16.7 Å². The molecule has 0 bridgehead atoms. The Morgan fingerprint density at radius 3 is 2.29 bits per heavy atom. The van der Waals surface area contributed by atoms with Crippen molar-refractivity contribution in [2.75, 3.05) is 32.8 Å². The highest BCUT2D eigenvalue weighted by atomic mass is 35.5. The summed E-state index contributed by atoms with van der Waals surface area (Å²) in [5, 5.41) is 14.0. The third-order valence-electron chi connectivity index (χ3n) is 7.70. The highest BCUT2D eigenvalue weighted by molar-refractivity contribution is 6.30. The van der Waals surface area contributed by atoms with Gasteiger partial charge in [-0.2, -0.15) is 0 Å². The number of urea groups is 1. The van der Waals surface area contributed by atoms with Gasteiger partial charge >= 0.3 is 6.03 Å². The SMILES string of the molecule is CCOc1cc(C(C)(C)CO)ccc1C1=NC(c2ccc(Cl)cc2)C(c2ccc(Cl)cc2)N1C(=O)N1CCNC(=O)C1. The Bertz CT molecular complexity index is 1490. The number of carbonyl (C=O) groups is 2. The van der Waals surface area contributed by atoms with Crippen molar-refractivity contribution < 1.29 is 19.4 Å². The molecule has 220 valence electrons. The quantitative estimate of drug-likeness (QED) is 0.356. The van der Waals surface area contributed by atoms with Gasteiger partial charge in [-0.3, -0.25) is 14.7 Å². The predicted molar refractivity (Wildman–Crippen MR) is 164 cm³/mol. The lowest BCUT2D eigenvalue weighted by molar-refractivity contribution is -0.123. The zero-order valence-electron chi connectivity index (χ0n) is 23.8. The predicted octanol–water partition coefficient (Wildman–Crippen LogP) is 5.76. The van der Waals surface area contributed by atoms with Gasteiger partial charge in [0.15, 0.2) is 0 Å². The summed E-state index contributed by atoms with van der Waals surface area (Å²) in [6, 6.07) is 19.2. The second-order valence-electron chi connectivity index (χ2n) is 11.1. The minimum atomic E-state index is -0.543. The number of amides is 3. The van der Waals surface area contributed by atoms with Crippen LogP contribution in [0.4, 0.5) is 4.79 Å². The summed E-state index contributed by atoms with van der Waals surface area (Å²) in [6.07, 6.45) is 0. The van der Waals surface area contributed by atoms with E-state index in [0.29, 0.717) is 46.9 Å². The number of benzene rings is 3. The van der Waals surface area contributed by atoms with E-state index in [1.54, 1.807) is 21.9 Å². The first kappa shape index (κ1) is 29.9. The van der Waals surface area contributed by atoms with E-state index in [1.165, 1.54) is 0 Å². The number of aliphatic imine (C=N–C) groups is 1. The number of carbonyl (C=O) groups excluding carboxylic acids is 2. The van der Waals surface area contributed by atoms with Gasteiger partial charge < -0.3 is 20.1 Å². The summed E-state index contributed by atoms with van der Waals surface area (Å²) < 4.78 is 6.12. The molecule has 1 fully saturated rings. The molecule has 5 rings (SSSR count). The van der Waals surface area contributed by atoms with E-state index >= 15 is 0 Å².